The summed E-state index contributed by atoms with van der Waals surface area (Å²) in [6, 6.07) is 2.09. The van der Waals surface area contributed by atoms with E-state index >= 15 is 0 Å². The SMILES string of the molecule is CCCNc1cc(N(C)CC2CCC2)nc(CCC)n1. The maximum absolute atomic E-state index is 4.72. The molecular formula is C16H28N4. The van der Waals surface area contributed by atoms with Crippen molar-refractivity contribution in [1.29, 1.82) is 0 Å². The minimum absolute atomic E-state index is 0.858. The summed E-state index contributed by atoms with van der Waals surface area (Å²) in [4.78, 5) is 11.6. The number of nitrogens with one attached hydrogen (secondary N) is 1. The minimum Gasteiger partial charge on any atom is -0.370 e. The smallest absolute Gasteiger partial charge is 0.134 e. The second-order valence-corrected chi connectivity index (χ2v) is 5.88. The zero-order chi connectivity index (χ0) is 14.4. The maximum Gasteiger partial charge on any atom is 0.134 e. The molecule has 1 N–H and O–H groups in total. The van der Waals surface area contributed by atoms with Gasteiger partial charge in [0.05, 0.1) is 0 Å². The molecule has 0 aromatic carbocycles. The molecule has 2 rings (SSSR count). The van der Waals surface area contributed by atoms with Gasteiger partial charge in [-0.25, -0.2) is 9.97 Å². The highest BCUT2D eigenvalue weighted by atomic mass is 15.2. The van der Waals surface area contributed by atoms with Gasteiger partial charge in [0.15, 0.2) is 0 Å². The summed E-state index contributed by atoms with van der Waals surface area (Å²) in [7, 11) is 2.15. The normalized spacial score (nSPS) is 14.9. The van der Waals surface area contributed by atoms with Crippen LogP contribution in [0.3, 0.4) is 0 Å². The highest BCUT2D eigenvalue weighted by molar-refractivity contribution is 5.49. The predicted octanol–water partition coefficient (Wildman–Crippen LogP) is 3.49. The van der Waals surface area contributed by atoms with Crippen LogP contribution in [0.5, 0.6) is 0 Å². The van der Waals surface area contributed by atoms with E-state index in [-0.39, 0.29) is 0 Å². The van der Waals surface area contributed by atoms with E-state index in [1.807, 2.05) is 0 Å². The number of aromatic nitrogens is 2. The Labute approximate surface area is 123 Å². The molecule has 20 heavy (non-hydrogen) atoms. The van der Waals surface area contributed by atoms with E-state index in [4.69, 9.17) is 4.98 Å². The van der Waals surface area contributed by atoms with Gasteiger partial charge in [-0.3, -0.25) is 0 Å². The van der Waals surface area contributed by atoms with Crippen molar-refractivity contribution in [3.05, 3.63) is 11.9 Å². The number of nitrogens with zero attached hydrogens (tertiary/aromatic N) is 3. The van der Waals surface area contributed by atoms with Gasteiger partial charge in [0, 0.05) is 32.6 Å². The topological polar surface area (TPSA) is 41.0 Å². The summed E-state index contributed by atoms with van der Waals surface area (Å²) in [6.07, 6.45) is 7.29. The first-order valence-electron chi connectivity index (χ1n) is 8.05. The lowest BCUT2D eigenvalue weighted by molar-refractivity contribution is 0.321. The van der Waals surface area contributed by atoms with Crippen LogP contribution in [0.25, 0.3) is 0 Å². The summed E-state index contributed by atoms with van der Waals surface area (Å²) < 4.78 is 0. The van der Waals surface area contributed by atoms with E-state index in [1.165, 1.54) is 19.3 Å². The molecule has 1 aromatic rings. The van der Waals surface area contributed by atoms with Crippen LogP contribution in [0.15, 0.2) is 6.07 Å². The highest BCUT2D eigenvalue weighted by Gasteiger charge is 2.20. The number of hydrogen-bond donors (Lipinski definition) is 1. The summed E-state index contributed by atoms with van der Waals surface area (Å²) >= 11 is 0. The fourth-order valence-electron chi connectivity index (χ4n) is 2.51. The van der Waals surface area contributed by atoms with Gasteiger partial charge in [-0.1, -0.05) is 20.3 Å². The zero-order valence-corrected chi connectivity index (χ0v) is 13.2. The lowest BCUT2D eigenvalue weighted by Crippen LogP contribution is -2.30. The van der Waals surface area contributed by atoms with E-state index < -0.39 is 0 Å². The van der Waals surface area contributed by atoms with Gasteiger partial charge in [0.2, 0.25) is 0 Å². The first-order chi connectivity index (χ1) is 9.72. The molecule has 4 nitrogen and oxygen atoms in total. The van der Waals surface area contributed by atoms with Crippen LogP contribution in [0.4, 0.5) is 11.6 Å². The van der Waals surface area contributed by atoms with E-state index in [1.54, 1.807) is 0 Å². The van der Waals surface area contributed by atoms with Crippen LogP contribution in [0.1, 0.15) is 51.8 Å². The van der Waals surface area contributed by atoms with Crippen LogP contribution in [0, 0.1) is 5.92 Å². The lowest BCUT2D eigenvalue weighted by atomic mass is 9.85. The Bertz CT molecular complexity index is 415. The zero-order valence-electron chi connectivity index (χ0n) is 13.2. The summed E-state index contributed by atoms with van der Waals surface area (Å²) in [5.41, 5.74) is 0. The van der Waals surface area contributed by atoms with Crippen LogP contribution in [-0.2, 0) is 6.42 Å². The molecule has 0 amide bonds. The van der Waals surface area contributed by atoms with Gasteiger partial charge >= 0.3 is 0 Å². The quantitative estimate of drug-likeness (QED) is 0.789. The molecule has 4 heteroatoms. The number of hydrogen-bond acceptors (Lipinski definition) is 4. The van der Waals surface area contributed by atoms with E-state index in [9.17, 15) is 0 Å². The second-order valence-electron chi connectivity index (χ2n) is 5.88. The summed E-state index contributed by atoms with van der Waals surface area (Å²) in [5, 5.41) is 3.39. The van der Waals surface area contributed by atoms with Crippen molar-refractivity contribution < 1.29 is 0 Å². The molecule has 0 atom stereocenters. The molecule has 1 fully saturated rings. The van der Waals surface area contributed by atoms with Crippen molar-refractivity contribution in [3.63, 3.8) is 0 Å². The Morgan fingerprint density at radius 2 is 2.05 bits per heavy atom. The molecule has 1 aromatic heterocycles. The van der Waals surface area contributed by atoms with E-state index in [2.05, 4.69) is 42.2 Å². The Morgan fingerprint density at radius 1 is 1.25 bits per heavy atom. The van der Waals surface area contributed by atoms with Gasteiger partial charge in [-0.05, 0) is 31.6 Å². The summed E-state index contributed by atoms with van der Waals surface area (Å²) in [5.74, 6) is 3.86. The lowest BCUT2D eigenvalue weighted by Gasteiger charge is -2.31. The Balaban J connectivity index is 2.09. The van der Waals surface area contributed by atoms with Gasteiger partial charge in [-0.15, -0.1) is 0 Å². The molecule has 1 aliphatic carbocycles. The van der Waals surface area contributed by atoms with E-state index in [0.29, 0.717) is 0 Å². The third-order valence-electron chi connectivity index (χ3n) is 3.94. The average Bonchev–Trinajstić information content (AvgIpc) is 2.40. The van der Waals surface area contributed by atoms with Gasteiger partial charge in [0.25, 0.3) is 0 Å². The monoisotopic (exact) mass is 276 g/mol. The second kappa shape index (κ2) is 7.46. The predicted molar refractivity (Wildman–Crippen MR) is 85.4 cm³/mol. The largest absolute Gasteiger partial charge is 0.370 e. The van der Waals surface area contributed by atoms with Crippen molar-refractivity contribution in [2.75, 3.05) is 30.4 Å². The van der Waals surface area contributed by atoms with Crippen LogP contribution in [-0.4, -0.2) is 30.1 Å². The molecule has 0 radical (unpaired) electrons. The maximum atomic E-state index is 4.72. The fourth-order valence-corrected chi connectivity index (χ4v) is 2.51. The molecule has 0 unspecified atom stereocenters. The van der Waals surface area contributed by atoms with Crippen molar-refractivity contribution in [2.24, 2.45) is 5.92 Å². The van der Waals surface area contributed by atoms with E-state index in [0.717, 1.165) is 55.7 Å². The average molecular weight is 276 g/mol. The molecule has 0 saturated heterocycles. The minimum atomic E-state index is 0.858. The summed E-state index contributed by atoms with van der Waals surface area (Å²) in [6.45, 7) is 6.43. The van der Waals surface area contributed by atoms with Crippen molar-refractivity contribution in [3.8, 4) is 0 Å². The van der Waals surface area contributed by atoms with Crippen LogP contribution >= 0.6 is 0 Å². The van der Waals surface area contributed by atoms with Crippen molar-refractivity contribution >= 4 is 11.6 Å². The molecule has 1 heterocycles. The van der Waals surface area contributed by atoms with Crippen LogP contribution in [0.2, 0.25) is 0 Å². The molecule has 0 spiro atoms. The number of anilines is 2. The standard InChI is InChI=1S/C16H28N4/c1-4-7-14-18-15(17-10-5-2)11-16(19-14)20(3)12-13-8-6-9-13/h11,13H,4-10,12H2,1-3H3,(H,17,18,19). The van der Waals surface area contributed by atoms with Gasteiger partial charge < -0.3 is 10.2 Å². The first kappa shape index (κ1) is 15.1. The highest BCUT2D eigenvalue weighted by Crippen LogP contribution is 2.28. The Kier molecular flexibility index (Phi) is 5.62. The molecular weight excluding hydrogens is 248 g/mol. The van der Waals surface area contributed by atoms with Gasteiger partial charge in [-0.2, -0.15) is 0 Å². The first-order valence-corrected chi connectivity index (χ1v) is 8.05. The van der Waals surface area contributed by atoms with Crippen molar-refractivity contribution in [2.45, 2.75) is 52.4 Å². The number of aryl methyl sites for hydroxylation is 1. The molecule has 0 bridgehead atoms. The Morgan fingerprint density at radius 3 is 2.65 bits per heavy atom. The number of rotatable bonds is 8. The van der Waals surface area contributed by atoms with Gasteiger partial charge in [0.1, 0.15) is 17.5 Å². The third-order valence-corrected chi connectivity index (χ3v) is 3.94. The molecule has 112 valence electrons. The van der Waals surface area contributed by atoms with Crippen LogP contribution < -0.4 is 10.2 Å². The molecule has 1 aliphatic rings. The third kappa shape index (κ3) is 4.09. The fraction of sp³-hybridized carbons (Fsp3) is 0.750. The molecule has 0 aliphatic heterocycles. The Hall–Kier alpha value is -1.32. The van der Waals surface area contributed by atoms with Crippen molar-refractivity contribution in [1.82, 2.24) is 9.97 Å². The molecule has 1 saturated carbocycles.